The summed E-state index contributed by atoms with van der Waals surface area (Å²) >= 11 is 6.16. The molecule has 0 fully saturated rings. The Hall–Kier alpha value is -1.32. The van der Waals surface area contributed by atoms with Crippen LogP contribution in [0.4, 0.5) is 0 Å². The number of hydrogen-bond donors (Lipinski definition) is 1. The largest absolute Gasteiger partial charge is 0.327 e. The minimum Gasteiger partial charge on any atom is -0.327 e. The predicted molar refractivity (Wildman–Crippen MR) is 84.8 cm³/mol. The number of rotatable bonds is 4. The lowest BCUT2D eigenvalue weighted by molar-refractivity contribution is 0.641. The van der Waals surface area contributed by atoms with Crippen molar-refractivity contribution < 1.29 is 0 Å². The first-order valence-corrected chi connectivity index (χ1v) is 7.39. The number of aromatic nitrogens is 2. The second-order valence-electron chi connectivity index (χ2n) is 5.35. The molecule has 1 unspecified atom stereocenters. The summed E-state index contributed by atoms with van der Waals surface area (Å²) < 4.78 is 1.98. The maximum atomic E-state index is 6.16. The Balaban J connectivity index is 2.53. The van der Waals surface area contributed by atoms with Crippen LogP contribution in [0, 0.1) is 20.8 Å². The van der Waals surface area contributed by atoms with E-state index >= 15 is 0 Å². The van der Waals surface area contributed by atoms with E-state index < -0.39 is 0 Å². The SMILES string of the molecule is CCC(N)Cc1ccc(Cl)cc1-n1nc(C)c(C)c1C. The lowest BCUT2D eigenvalue weighted by Crippen LogP contribution is -2.22. The van der Waals surface area contributed by atoms with Crippen LogP contribution < -0.4 is 5.73 Å². The molecule has 2 N–H and O–H groups in total. The third-order valence-electron chi connectivity index (χ3n) is 3.94. The van der Waals surface area contributed by atoms with Gasteiger partial charge in [0, 0.05) is 16.8 Å². The van der Waals surface area contributed by atoms with Gasteiger partial charge >= 0.3 is 0 Å². The number of hydrogen-bond acceptors (Lipinski definition) is 2. The van der Waals surface area contributed by atoms with Gasteiger partial charge in [-0.2, -0.15) is 5.10 Å². The quantitative estimate of drug-likeness (QED) is 0.933. The van der Waals surface area contributed by atoms with Crippen LogP contribution in [0.3, 0.4) is 0 Å². The van der Waals surface area contributed by atoms with Crippen LogP contribution in [0.25, 0.3) is 5.69 Å². The smallest absolute Gasteiger partial charge is 0.0696 e. The zero-order valence-corrected chi connectivity index (χ0v) is 13.3. The molecule has 0 bridgehead atoms. The zero-order chi connectivity index (χ0) is 14.9. The molecule has 0 spiro atoms. The second-order valence-corrected chi connectivity index (χ2v) is 5.79. The van der Waals surface area contributed by atoms with E-state index in [1.54, 1.807) is 0 Å². The van der Waals surface area contributed by atoms with E-state index in [0.717, 1.165) is 34.9 Å². The molecule has 1 aromatic heterocycles. The normalized spacial score (nSPS) is 12.7. The maximum absolute atomic E-state index is 6.16. The molecule has 0 saturated heterocycles. The number of nitrogens with zero attached hydrogens (tertiary/aromatic N) is 2. The Kier molecular flexibility index (Phi) is 4.51. The average molecular weight is 292 g/mol. The van der Waals surface area contributed by atoms with Crippen LogP contribution in [0.1, 0.15) is 35.9 Å². The molecule has 1 aromatic carbocycles. The van der Waals surface area contributed by atoms with Gasteiger partial charge in [0.2, 0.25) is 0 Å². The summed E-state index contributed by atoms with van der Waals surface area (Å²) in [7, 11) is 0. The van der Waals surface area contributed by atoms with Crippen molar-refractivity contribution >= 4 is 11.6 Å². The Bertz CT molecular complexity index is 616. The van der Waals surface area contributed by atoms with Crippen molar-refractivity contribution in [2.24, 2.45) is 5.73 Å². The van der Waals surface area contributed by atoms with Crippen molar-refractivity contribution in [2.45, 2.75) is 46.6 Å². The van der Waals surface area contributed by atoms with Gasteiger partial charge in [0.15, 0.2) is 0 Å². The van der Waals surface area contributed by atoms with Gasteiger partial charge in [-0.05, 0) is 56.9 Å². The van der Waals surface area contributed by atoms with Crippen molar-refractivity contribution in [3.8, 4) is 5.69 Å². The van der Waals surface area contributed by atoms with Crippen molar-refractivity contribution in [3.05, 3.63) is 45.7 Å². The molecule has 0 saturated carbocycles. The standard InChI is InChI=1S/C16H22ClN3/c1-5-15(18)8-13-6-7-14(17)9-16(13)20-12(4)10(2)11(3)19-20/h6-7,9,15H,5,8,18H2,1-4H3. The molecule has 0 aliphatic heterocycles. The van der Waals surface area contributed by atoms with Crippen LogP contribution in [0.2, 0.25) is 5.02 Å². The van der Waals surface area contributed by atoms with E-state index in [1.807, 2.05) is 23.7 Å². The Morgan fingerprint density at radius 1 is 1.30 bits per heavy atom. The van der Waals surface area contributed by atoms with Gasteiger partial charge in [-0.3, -0.25) is 0 Å². The minimum absolute atomic E-state index is 0.160. The van der Waals surface area contributed by atoms with Gasteiger partial charge < -0.3 is 5.73 Å². The summed E-state index contributed by atoms with van der Waals surface area (Å²) in [6.07, 6.45) is 1.79. The number of nitrogens with two attached hydrogens (primary N) is 1. The first kappa shape index (κ1) is 15.1. The van der Waals surface area contributed by atoms with Gasteiger partial charge in [0.1, 0.15) is 0 Å². The van der Waals surface area contributed by atoms with E-state index in [4.69, 9.17) is 17.3 Å². The Morgan fingerprint density at radius 3 is 2.55 bits per heavy atom. The van der Waals surface area contributed by atoms with Crippen LogP contribution in [0.5, 0.6) is 0 Å². The summed E-state index contributed by atoms with van der Waals surface area (Å²) in [5.74, 6) is 0. The van der Waals surface area contributed by atoms with Gasteiger partial charge in [-0.15, -0.1) is 0 Å². The van der Waals surface area contributed by atoms with Gasteiger partial charge in [0.05, 0.1) is 11.4 Å². The van der Waals surface area contributed by atoms with E-state index in [1.165, 1.54) is 11.1 Å². The molecule has 1 heterocycles. The van der Waals surface area contributed by atoms with Crippen LogP contribution >= 0.6 is 11.6 Å². The highest BCUT2D eigenvalue weighted by Crippen LogP contribution is 2.24. The van der Waals surface area contributed by atoms with Crippen molar-refractivity contribution in [1.29, 1.82) is 0 Å². The fraction of sp³-hybridized carbons (Fsp3) is 0.438. The fourth-order valence-corrected chi connectivity index (χ4v) is 2.46. The fourth-order valence-electron chi connectivity index (χ4n) is 2.29. The van der Waals surface area contributed by atoms with Crippen molar-refractivity contribution in [3.63, 3.8) is 0 Å². The first-order chi connectivity index (χ1) is 9.43. The second kappa shape index (κ2) is 5.98. The number of benzene rings is 1. The molecule has 3 nitrogen and oxygen atoms in total. The van der Waals surface area contributed by atoms with Gasteiger partial charge in [-0.1, -0.05) is 24.6 Å². The summed E-state index contributed by atoms with van der Waals surface area (Å²) in [5.41, 5.74) is 11.7. The zero-order valence-electron chi connectivity index (χ0n) is 12.6. The molecule has 4 heteroatoms. The van der Waals surface area contributed by atoms with Crippen LogP contribution in [-0.4, -0.2) is 15.8 Å². The van der Waals surface area contributed by atoms with E-state index in [9.17, 15) is 0 Å². The van der Waals surface area contributed by atoms with Crippen LogP contribution in [-0.2, 0) is 6.42 Å². The predicted octanol–water partition coefficient (Wildman–Crippen LogP) is 3.73. The molecule has 2 aromatic rings. The van der Waals surface area contributed by atoms with E-state index in [2.05, 4.69) is 31.9 Å². The molecular weight excluding hydrogens is 270 g/mol. The topological polar surface area (TPSA) is 43.8 Å². The van der Waals surface area contributed by atoms with Crippen molar-refractivity contribution in [1.82, 2.24) is 9.78 Å². The van der Waals surface area contributed by atoms with Gasteiger partial charge in [-0.25, -0.2) is 4.68 Å². The highest BCUT2D eigenvalue weighted by Gasteiger charge is 2.14. The molecule has 0 aliphatic rings. The van der Waals surface area contributed by atoms with Crippen molar-refractivity contribution in [2.75, 3.05) is 0 Å². The average Bonchev–Trinajstić information content (AvgIpc) is 2.68. The lowest BCUT2D eigenvalue weighted by atomic mass is 10.0. The molecule has 2 rings (SSSR count). The third-order valence-corrected chi connectivity index (χ3v) is 4.17. The number of halogens is 1. The number of aryl methyl sites for hydroxylation is 1. The Morgan fingerprint density at radius 2 is 2.00 bits per heavy atom. The monoisotopic (exact) mass is 291 g/mol. The molecule has 20 heavy (non-hydrogen) atoms. The summed E-state index contributed by atoms with van der Waals surface area (Å²) in [6, 6.07) is 6.10. The highest BCUT2D eigenvalue weighted by atomic mass is 35.5. The lowest BCUT2D eigenvalue weighted by Gasteiger charge is -2.15. The minimum atomic E-state index is 0.160. The van der Waals surface area contributed by atoms with E-state index in [0.29, 0.717) is 0 Å². The summed E-state index contributed by atoms with van der Waals surface area (Å²) in [5, 5.41) is 5.35. The molecule has 0 aliphatic carbocycles. The molecule has 1 atom stereocenters. The van der Waals surface area contributed by atoms with E-state index in [-0.39, 0.29) is 6.04 Å². The van der Waals surface area contributed by atoms with Gasteiger partial charge in [0.25, 0.3) is 0 Å². The molecular formula is C16H22ClN3. The highest BCUT2D eigenvalue weighted by molar-refractivity contribution is 6.30. The first-order valence-electron chi connectivity index (χ1n) is 7.01. The summed E-state index contributed by atoms with van der Waals surface area (Å²) in [6.45, 7) is 8.31. The third kappa shape index (κ3) is 2.89. The Labute approximate surface area is 125 Å². The summed E-state index contributed by atoms with van der Waals surface area (Å²) in [4.78, 5) is 0. The maximum Gasteiger partial charge on any atom is 0.0696 e. The molecule has 0 radical (unpaired) electrons. The van der Waals surface area contributed by atoms with Crippen LogP contribution in [0.15, 0.2) is 18.2 Å². The molecule has 0 amide bonds. The molecule has 108 valence electrons.